The van der Waals surface area contributed by atoms with Crippen LogP contribution >= 0.6 is 11.6 Å². The van der Waals surface area contributed by atoms with Gasteiger partial charge in [0, 0.05) is 50.2 Å². The third-order valence-corrected chi connectivity index (χ3v) is 8.04. The van der Waals surface area contributed by atoms with Crippen LogP contribution in [-0.2, 0) is 9.53 Å². The molecule has 3 aliphatic rings. The molecular formula is C26H31ClFN5O2. The Morgan fingerprint density at radius 3 is 2.83 bits per heavy atom. The molecule has 3 heterocycles. The summed E-state index contributed by atoms with van der Waals surface area (Å²) in [4.78, 5) is 24.3. The first-order valence-electron chi connectivity index (χ1n) is 12.4. The molecule has 9 heteroatoms. The summed E-state index contributed by atoms with van der Waals surface area (Å²) in [5.41, 5.74) is 2.44. The van der Waals surface area contributed by atoms with Gasteiger partial charge < -0.3 is 15.4 Å². The quantitative estimate of drug-likeness (QED) is 0.545. The molecule has 7 nitrogen and oxygen atoms in total. The number of hydrogen-bond donors (Lipinski definition) is 2. The Bertz CT molecular complexity index is 1130. The molecule has 0 bridgehead atoms. The van der Waals surface area contributed by atoms with Crippen LogP contribution in [0.25, 0.3) is 11.3 Å². The monoisotopic (exact) mass is 499 g/mol. The minimum absolute atomic E-state index is 0.143. The highest BCUT2D eigenvalue weighted by molar-refractivity contribution is 6.33. The number of carbonyl (C=O) groups is 1. The average molecular weight is 500 g/mol. The minimum Gasteiger partial charge on any atom is -0.381 e. The molecule has 0 radical (unpaired) electrons. The molecule has 0 spiro atoms. The molecule has 35 heavy (non-hydrogen) atoms. The van der Waals surface area contributed by atoms with Crippen LogP contribution in [0, 0.1) is 17.2 Å². The van der Waals surface area contributed by atoms with Gasteiger partial charge in [-0.25, -0.2) is 19.4 Å². The lowest BCUT2D eigenvalue weighted by Crippen LogP contribution is -2.51. The van der Waals surface area contributed by atoms with Gasteiger partial charge in [-0.1, -0.05) is 11.6 Å². The number of halogens is 2. The van der Waals surface area contributed by atoms with Gasteiger partial charge in [-0.15, -0.1) is 0 Å². The van der Waals surface area contributed by atoms with E-state index in [1.165, 1.54) is 19.4 Å². The molecule has 2 atom stereocenters. The lowest BCUT2D eigenvalue weighted by molar-refractivity contribution is -0.115. The number of nitrogens with zero attached hydrogens (tertiary/aromatic N) is 3. The van der Waals surface area contributed by atoms with E-state index in [-0.39, 0.29) is 29.0 Å². The van der Waals surface area contributed by atoms with Gasteiger partial charge in [0.2, 0.25) is 5.91 Å². The molecule has 2 saturated carbocycles. The Morgan fingerprint density at radius 2 is 2.11 bits per heavy atom. The van der Waals surface area contributed by atoms with Crippen molar-refractivity contribution in [2.75, 3.05) is 30.4 Å². The molecule has 2 unspecified atom stereocenters. The molecule has 2 aromatic rings. The summed E-state index contributed by atoms with van der Waals surface area (Å²) in [6.45, 7) is 3.74. The summed E-state index contributed by atoms with van der Waals surface area (Å²) in [7, 11) is 0. The van der Waals surface area contributed by atoms with Gasteiger partial charge in [0.1, 0.15) is 5.82 Å². The summed E-state index contributed by atoms with van der Waals surface area (Å²) in [5, 5.41) is 7.21. The number of fused-ring (bicyclic) bond motifs is 1. The fourth-order valence-electron chi connectivity index (χ4n) is 5.50. The van der Waals surface area contributed by atoms with Crippen LogP contribution in [0.15, 0.2) is 29.4 Å². The fourth-order valence-corrected chi connectivity index (χ4v) is 5.70. The summed E-state index contributed by atoms with van der Waals surface area (Å²) in [5.74, 6) is 0.974. The Morgan fingerprint density at radius 1 is 1.29 bits per heavy atom. The molecule has 2 aromatic heterocycles. The third kappa shape index (κ3) is 5.33. The molecular weight excluding hydrogens is 469 g/mol. The molecule has 1 amide bonds. The Labute approximate surface area is 209 Å². The van der Waals surface area contributed by atoms with Crippen molar-refractivity contribution in [2.24, 2.45) is 16.3 Å². The summed E-state index contributed by atoms with van der Waals surface area (Å²) in [6, 6.07) is 5.18. The van der Waals surface area contributed by atoms with E-state index in [4.69, 9.17) is 16.3 Å². The summed E-state index contributed by atoms with van der Waals surface area (Å²) >= 11 is 6.48. The second-order valence-electron chi connectivity index (χ2n) is 9.97. The van der Waals surface area contributed by atoms with Crippen LogP contribution < -0.4 is 10.6 Å². The number of ether oxygens (including phenoxy) is 1. The zero-order valence-corrected chi connectivity index (χ0v) is 20.7. The highest BCUT2D eigenvalue weighted by atomic mass is 35.5. The predicted octanol–water partition coefficient (Wildman–Crippen LogP) is 5.51. The number of aliphatic imine (C=N–C) groups is 1. The highest BCUT2D eigenvalue weighted by Crippen LogP contribution is 2.51. The zero-order chi connectivity index (χ0) is 24.4. The van der Waals surface area contributed by atoms with Gasteiger partial charge in [-0.05, 0) is 74.5 Å². The van der Waals surface area contributed by atoms with Crippen LogP contribution in [0.3, 0.4) is 0 Å². The van der Waals surface area contributed by atoms with Crippen molar-refractivity contribution in [1.29, 1.82) is 0 Å². The Hall–Kier alpha value is -2.58. The van der Waals surface area contributed by atoms with E-state index in [1.54, 1.807) is 12.3 Å². The van der Waals surface area contributed by atoms with Crippen LogP contribution in [0.5, 0.6) is 0 Å². The molecule has 0 aromatic carbocycles. The van der Waals surface area contributed by atoms with E-state index < -0.39 is 0 Å². The normalized spacial score (nSPS) is 25.9. The van der Waals surface area contributed by atoms with Crippen LogP contribution in [0.4, 0.5) is 16.0 Å². The van der Waals surface area contributed by atoms with E-state index in [0.717, 1.165) is 57.5 Å². The highest BCUT2D eigenvalue weighted by Gasteiger charge is 2.48. The van der Waals surface area contributed by atoms with Gasteiger partial charge in [0.05, 0.1) is 10.7 Å². The largest absolute Gasteiger partial charge is 0.381 e. The maximum atomic E-state index is 14.6. The van der Waals surface area contributed by atoms with Crippen molar-refractivity contribution in [3.8, 4) is 11.3 Å². The second kappa shape index (κ2) is 10.2. The summed E-state index contributed by atoms with van der Waals surface area (Å²) < 4.78 is 20.3. The lowest BCUT2D eigenvalue weighted by atomic mass is 9.57. The molecule has 1 aliphatic heterocycles. The maximum Gasteiger partial charge on any atom is 0.242 e. The number of anilines is 2. The van der Waals surface area contributed by atoms with Crippen molar-refractivity contribution in [2.45, 2.75) is 57.9 Å². The first kappa shape index (κ1) is 24.1. The number of amides is 1. The molecule has 3 fully saturated rings. The van der Waals surface area contributed by atoms with Gasteiger partial charge in [-0.3, -0.25) is 4.79 Å². The zero-order valence-electron chi connectivity index (χ0n) is 19.9. The van der Waals surface area contributed by atoms with Crippen molar-refractivity contribution >= 4 is 34.9 Å². The van der Waals surface area contributed by atoms with Crippen LogP contribution in [0.1, 0.15) is 51.9 Å². The lowest BCUT2D eigenvalue weighted by Gasteiger charge is -2.52. The van der Waals surface area contributed by atoms with Crippen molar-refractivity contribution < 1.29 is 13.9 Å². The number of pyridine rings is 2. The van der Waals surface area contributed by atoms with E-state index in [9.17, 15) is 9.18 Å². The van der Waals surface area contributed by atoms with Crippen LogP contribution in [0.2, 0.25) is 5.02 Å². The molecule has 5 rings (SSSR count). The average Bonchev–Trinajstić information content (AvgIpc) is 2.82. The Balaban J connectivity index is 1.28. The Kier molecular flexibility index (Phi) is 7.02. The van der Waals surface area contributed by atoms with Crippen molar-refractivity contribution in [3.05, 3.63) is 35.2 Å². The summed E-state index contributed by atoms with van der Waals surface area (Å²) in [6.07, 6.45) is 8.26. The van der Waals surface area contributed by atoms with Gasteiger partial charge >= 0.3 is 0 Å². The van der Waals surface area contributed by atoms with Gasteiger partial charge in [-0.2, -0.15) is 0 Å². The van der Waals surface area contributed by atoms with E-state index in [1.807, 2.05) is 6.07 Å². The number of carbonyl (C=O) groups excluding carboxylic acids is 1. The molecule has 186 valence electrons. The number of aromatic nitrogens is 2. The van der Waals surface area contributed by atoms with Crippen molar-refractivity contribution in [3.63, 3.8) is 0 Å². The van der Waals surface area contributed by atoms with Gasteiger partial charge in [0.15, 0.2) is 11.6 Å². The number of nitrogens with one attached hydrogen (secondary N) is 2. The van der Waals surface area contributed by atoms with E-state index in [0.29, 0.717) is 34.6 Å². The van der Waals surface area contributed by atoms with Crippen LogP contribution in [-0.4, -0.2) is 47.4 Å². The first-order valence-corrected chi connectivity index (χ1v) is 12.8. The topological polar surface area (TPSA) is 88.5 Å². The predicted molar refractivity (Wildman–Crippen MR) is 136 cm³/mol. The molecule has 2 aliphatic carbocycles. The van der Waals surface area contributed by atoms with E-state index in [2.05, 4.69) is 25.6 Å². The number of hydrogen-bond acceptors (Lipinski definition) is 6. The SMILES string of the molecule is CC(=O)N=C1CCC(Nc2cc(-c3ccc(F)c(NCC45CCOCC4CC5)n3)c(Cl)cn2)CC1. The first-order chi connectivity index (χ1) is 16.9. The fraction of sp³-hybridized carbons (Fsp3) is 0.538. The standard InChI is InChI=1S/C26H31ClFN5O2/c1-16(34)31-18-2-4-19(5-3-18)32-24-12-20(21(27)13-29-24)23-7-6-22(28)25(33-23)30-15-26-9-8-17(26)14-35-11-10-26/h6-7,12-13,17,19H,2-5,8-11,14-15H2,1H3,(H,29,32)(H,30,33). The van der Waals surface area contributed by atoms with Gasteiger partial charge in [0.25, 0.3) is 0 Å². The molecule has 1 saturated heterocycles. The minimum atomic E-state index is -0.373. The second-order valence-corrected chi connectivity index (χ2v) is 10.4. The number of rotatable bonds is 6. The maximum absolute atomic E-state index is 14.6. The third-order valence-electron chi connectivity index (χ3n) is 7.74. The van der Waals surface area contributed by atoms with Crippen molar-refractivity contribution in [1.82, 2.24) is 9.97 Å². The van der Waals surface area contributed by atoms with E-state index >= 15 is 0 Å². The smallest absolute Gasteiger partial charge is 0.242 e. The molecule has 2 N–H and O–H groups in total.